The second-order valence-corrected chi connectivity index (χ2v) is 9.61. The van der Waals surface area contributed by atoms with Crippen LogP contribution in [0.5, 0.6) is 0 Å². The van der Waals surface area contributed by atoms with Gasteiger partial charge in [0.1, 0.15) is 4.32 Å². The van der Waals surface area contributed by atoms with Gasteiger partial charge in [-0.05, 0) is 49.6 Å². The Labute approximate surface area is 196 Å². The molecule has 0 unspecified atom stereocenters. The number of nitrogens with one attached hydrogen (secondary N) is 1. The van der Waals surface area contributed by atoms with Gasteiger partial charge >= 0.3 is 5.97 Å². The summed E-state index contributed by atoms with van der Waals surface area (Å²) >= 11 is 6.97. The van der Waals surface area contributed by atoms with Crippen molar-refractivity contribution in [2.45, 2.75) is 25.8 Å². The molecule has 2 aliphatic rings. The monoisotopic (exact) mass is 471 g/mol. The number of hydrogen-bond acceptors (Lipinski definition) is 6. The third-order valence-corrected chi connectivity index (χ3v) is 7.27. The number of piperidine rings is 1. The molecule has 1 saturated heterocycles. The lowest BCUT2D eigenvalue weighted by Gasteiger charge is -2.43. The predicted octanol–water partition coefficient (Wildman–Crippen LogP) is 3.10. The number of carbonyl (C=O) groups excluding carboxylic acids is 2. The molecule has 4 rings (SSSR count). The van der Waals surface area contributed by atoms with Crippen LogP contribution in [0.4, 0.5) is 5.69 Å². The minimum Gasteiger partial charge on any atom is -0.462 e. The lowest BCUT2D eigenvalue weighted by atomic mass is 9.83. The largest absolute Gasteiger partial charge is 0.462 e. The number of pyridine rings is 1. The molecule has 1 aromatic heterocycles. The Morgan fingerprint density at radius 1 is 1.16 bits per heavy atom. The summed E-state index contributed by atoms with van der Waals surface area (Å²) in [6.45, 7) is 4.36. The Hall–Kier alpha value is -2.65. The van der Waals surface area contributed by atoms with E-state index in [1.165, 1.54) is 11.8 Å². The van der Waals surface area contributed by atoms with Gasteiger partial charge in [-0.1, -0.05) is 30.0 Å². The van der Waals surface area contributed by atoms with Crippen LogP contribution in [0.15, 0.2) is 47.3 Å². The van der Waals surface area contributed by atoms with Crippen LogP contribution < -0.4 is 10.9 Å². The number of fused-ring (bicyclic) bond motifs is 4. The third kappa shape index (κ3) is 5.05. The molecule has 2 atom stereocenters. The molecule has 3 heterocycles. The molecular formula is C23H25N3O4S2. The molecule has 0 aliphatic carbocycles. The fourth-order valence-corrected chi connectivity index (χ4v) is 5.35. The van der Waals surface area contributed by atoms with E-state index in [9.17, 15) is 14.4 Å². The molecule has 2 aliphatic heterocycles. The van der Waals surface area contributed by atoms with E-state index in [1.807, 2.05) is 16.7 Å². The number of nitrogens with zero attached hydrogens (tertiary/aromatic N) is 2. The number of carbonyl (C=O) groups is 2. The van der Waals surface area contributed by atoms with E-state index in [1.54, 1.807) is 37.3 Å². The molecule has 2 bridgehead atoms. The SMILES string of the molecule is CCOC(=O)c1ccc(NC(=O)CSC(=S)N2C[C@H]3C[C@H](C2)c2cccc(=O)n2C3)cc1. The van der Waals surface area contributed by atoms with Gasteiger partial charge in [0.2, 0.25) is 5.91 Å². The molecule has 168 valence electrons. The van der Waals surface area contributed by atoms with Crippen molar-refractivity contribution in [1.82, 2.24) is 9.47 Å². The average Bonchev–Trinajstić information content (AvgIpc) is 2.79. The molecule has 1 fully saturated rings. The molecule has 32 heavy (non-hydrogen) atoms. The first-order valence-corrected chi connectivity index (χ1v) is 12.0. The van der Waals surface area contributed by atoms with Gasteiger partial charge in [0.25, 0.3) is 5.56 Å². The number of ether oxygens (including phenoxy) is 1. The average molecular weight is 472 g/mol. The van der Waals surface area contributed by atoms with Crippen molar-refractivity contribution in [3.63, 3.8) is 0 Å². The van der Waals surface area contributed by atoms with Crippen molar-refractivity contribution < 1.29 is 14.3 Å². The zero-order valence-corrected chi connectivity index (χ0v) is 19.4. The van der Waals surface area contributed by atoms with Crippen LogP contribution in [0, 0.1) is 5.92 Å². The molecule has 9 heteroatoms. The molecule has 0 saturated carbocycles. The molecule has 1 amide bonds. The summed E-state index contributed by atoms with van der Waals surface area (Å²) in [4.78, 5) is 38.4. The number of benzene rings is 1. The molecule has 0 spiro atoms. The van der Waals surface area contributed by atoms with Crippen LogP contribution in [-0.4, -0.2) is 51.1 Å². The van der Waals surface area contributed by atoms with E-state index in [2.05, 4.69) is 10.2 Å². The quantitative estimate of drug-likeness (QED) is 0.530. The molecule has 7 nitrogen and oxygen atoms in total. The fourth-order valence-electron chi connectivity index (χ4n) is 4.37. The number of thiocarbonyl (C=S) groups is 1. The second-order valence-electron chi connectivity index (χ2n) is 8.00. The van der Waals surface area contributed by atoms with Gasteiger partial charge in [0.15, 0.2) is 0 Å². The zero-order chi connectivity index (χ0) is 22.7. The van der Waals surface area contributed by atoms with E-state index in [-0.39, 0.29) is 29.1 Å². The van der Waals surface area contributed by atoms with Gasteiger partial charge in [0, 0.05) is 43.0 Å². The highest BCUT2D eigenvalue weighted by Crippen LogP contribution is 2.36. The van der Waals surface area contributed by atoms with Crippen LogP contribution in [0.25, 0.3) is 0 Å². The number of amides is 1. The van der Waals surface area contributed by atoms with Crippen LogP contribution in [0.2, 0.25) is 0 Å². The third-order valence-electron chi connectivity index (χ3n) is 5.74. The number of aromatic nitrogens is 1. The number of hydrogen-bond donors (Lipinski definition) is 1. The zero-order valence-electron chi connectivity index (χ0n) is 17.8. The number of anilines is 1. The molecule has 1 N–H and O–H groups in total. The lowest BCUT2D eigenvalue weighted by Crippen LogP contribution is -2.48. The Bertz CT molecular complexity index is 1080. The first-order valence-electron chi connectivity index (χ1n) is 10.6. The van der Waals surface area contributed by atoms with E-state index >= 15 is 0 Å². The smallest absolute Gasteiger partial charge is 0.338 e. The number of esters is 1. The summed E-state index contributed by atoms with van der Waals surface area (Å²) in [5.74, 6) is 0.328. The van der Waals surface area contributed by atoms with Crippen LogP contribution in [-0.2, 0) is 16.1 Å². The topological polar surface area (TPSA) is 80.6 Å². The van der Waals surface area contributed by atoms with Gasteiger partial charge in [-0.15, -0.1) is 0 Å². The number of likely N-dealkylation sites (tertiary alicyclic amines) is 1. The highest BCUT2D eigenvalue weighted by Gasteiger charge is 2.35. The molecule has 2 aromatic rings. The van der Waals surface area contributed by atoms with Crippen molar-refractivity contribution in [2.75, 3.05) is 30.8 Å². The fraction of sp³-hybridized carbons (Fsp3) is 0.391. The second kappa shape index (κ2) is 9.87. The van der Waals surface area contributed by atoms with Crippen molar-refractivity contribution in [3.05, 3.63) is 64.1 Å². The highest BCUT2D eigenvalue weighted by molar-refractivity contribution is 8.23. The number of rotatable bonds is 5. The maximum Gasteiger partial charge on any atom is 0.338 e. The maximum absolute atomic E-state index is 12.4. The summed E-state index contributed by atoms with van der Waals surface area (Å²) in [6.07, 6.45) is 1.06. The van der Waals surface area contributed by atoms with Crippen LogP contribution in [0.3, 0.4) is 0 Å². The van der Waals surface area contributed by atoms with Crippen molar-refractivity contribution in [3.8, 4) is 0 Å². The summed E-state index contributed by atoms with van der Waals surface area (Å²) in [5, 5.41) is 2.83. The van der Waals surface area contributed by atoms with Crippen LogP contribution >= 0.6 is 24.0 Å². The van der Waals surface area contributed by atoms with E-state index < -0.39 is 0 Å². The van der Waals surface area contributed by atoms with Crippen molar-refractivity contribution in [2.24, 2.45) is 5.92 Å². The Kier molecular flexibility index (Phi) is 6.95. The standard InChI is InChI=1S/C23H25N3O4S2/c1-2-30-22(29)16-6-8-18(9-7-16)24-20(27)14-32-23(31)25-11-15-10-17(13-25)19-4-3-5-21(28)26(19)12-15/h3-9,15,17H,2,10-14H2,1H3,(H,24,27)/t15-,17-/m1/s1. The summed E-state index contributed by atoms with van der Waals surface area (Å²) in [5.41, 5.74) is 2.20. The van der Waals surface area contributed by atoms with Gasteiger partial charge in [-0.3, -0.25) is 9.59 Å². The normalized spacial score (nSPS) is 19.1. The summed E-state index contributed by atoms with van der Waals surface area (Å²) in [7, 11) is 0. The Morgan fingerprint density at radius 3 is 2.69 bits per heavy atom. The summed E-state index contributed by atoms with van der Waals surface area (Å²) < 4.78 is 7.56. The molecular weight excluding hydrogens is 446 g/mol. The van der Waals surface area contributed by atoms with Gasteiger partial charge in [-0.2, -0.15) is 0 Å². The van der Waals surface area contributed by atoms with Gasteiger partial charge < -0.3 is 19.5 Å². The van der Waals surface area contributed by atoms with Gasteiger partial charge in [0.05, 0.1) is 17.9 Å². The first kappa shape index (κ1) is 22.5. The minimum atomic E-state index is -0.384. The lowest BCUT2D eigenvalue weighted by molar-refractivity contribution is -0.113. The number of thioether (sulfide) groups is 1. The maximum atomic E-state index is 12.4. The summed E-state index contributed by atoms with van der Waals surface area (Å²) in [6, 6.07) is 12.1. The van der Waals surface area contributed by atoms with E-state index in [0.29, 0.717) is 28.1 Å². The Morgan fingerprint density at radius 2 is 1.94 bits per heavy atom. The van der Waals surface area contributed by atoms with E-state index in [4.69, 9.17) is 17.0 Å². The minimum absolute atomic E-state index is 0.0644. The van der Waals surface area contributed by atoms with Crippen molar-refractivity contribution in [1.29, 1.82) is 0 Å². The molecule has 1 aromatic carbocycles. The highest BCUT2D eigenvalue weighted by atomic mass is 32.2. The van der Waals surface area contributed by atoms with E-state index in [0.717, 1.165) is 31.7 Å². The van der Waals surface area contributed by atoms with Crippen molar-refractivity contribution >= 4 is 45.9 Å². The van der Waals surface area contributed by atoms with Gasteiger partial charge in [-0.25, -0.2) is 4.79 Å². The first-order chi connectivity index (χ1) is 15.4. The molecule has 0 radical (unpaired) electrons. The predicted molar refractivity (Wildman–Crippen MR) is 129 cm³/mol. The Balaban J connectivity index is 1.29. The van der Waals surface area contributed by atoms with Crippen LogP contribution in [0.1, 0.15) is 35.3 Å².